The lowest BCUT2D eigenvalue weighted by atomic mass is 9.96. The van der Waals surface area contributed by atoms with Crippen LogP contribution in [0.2, 0.25) is 5.02 Å². The van der Waals surface area contributed by atoms with E-state index in [0.29, 0.717) is 5.02 Å². The summed E-state index contributed by atoms with van der Waals surface area (Å²) in [6.07, 6.45) is 0.757. The molecule has 1 aliphatic carbocycles. The van der Waals surface area contributed by atoms with E-state index in [4.69, 9.17) is 23.2 Å². The molecule has 0 aromatic heterocycles. The molecule has 4 atom stereocenters. The van der Waals surface area contributed by atoms with Crippen LogP contribution in [0.4, 0.5) is 0 Å². The zero-order valence-electron chi connectivity index (χ0n) is 12.3. The Morgan fingerprint density at radius 1 is 1.40 bits per heavy atom. The molecule has 1 amide bonds. The number of hydrogen-bond acceptors (Lipinski definition) is 1. The van der Waals surface area contributed by atoms with Crippen LogP contribution in [-0.2, 0) is 4.79 Å². The number of hydrogen-bond donors (Lipinski definition) is 1. The highest BCUT2D eigenvalue weighted by Crippen LogP contribution is 2.68. The SMILES string of the molecule is CCC1(C(=O)NC(C)c2ccc(Cl)cc2)C(C)C1(C)Cl. The van der Waals surface area contributed by atoms with Gasteiger partial charge in [-0.2, -0.15) is 0 Å². The molecule has 1 aromatic carbocycles. The van der Waals surface area contributed by atoms with Crippen LogP contribution in [0.5, 0.6) is 0 Å². The Morgan fingerprint density at radius 2 is 1.90 bits per heavy atom. The summed E-state index contributed by atoms with van der Waals surface area (Å²) in [5, 5.41) is 3.78. The molecule has 2 nitrogen and oxygen atoms in total. The Kier molecular flexibility index (Phi) is 4.10. The van der Waals surface area contributed by atoms with Crippen LogP contribution in [0, 0.1) is 11.3 Å². The van der Waals surface area contributed by atoms with Gasteiger partial charge in [-0.1, -0.05) is 37.6 Å². The van der Waals surface area contributed by atoms with E-state index < -0.39 is 10.3 Å². The summed E-state index contributed by atoms with van der Waals surface area (Å²) < 4.78 is 0. The number of nitrogens with one attached hydrogen (secondary N) is 1. The zero-order valence-corrected chi connectivity index (χ0v) is 13.8. The third kappa shape index (κ3) is 2.23. The first-order valence-corrected chi connectivity index (χ1v) is 7.78. The fraction of sp³-hybridized carbons (Fsp3) is 0.562. The molecule has 0 aliphatic heterocycles. The van der Waals surface area contributed by atoms with Crippen molar-refractivity contribution in [2.24, 2.45) is 11.3 Å². The van der Waals surface area contributed by atoms with Crippen molar-refractivity contribution in [1.29, 1.82) is 0 Å². The predicted octanol–water partition coefficient (Wildman–Crippen LogP) is 4.56. The molecular weight excluding hydrogens is 293 g/mol. The van der Waals surface area contributed by atoms with Crippen molar-refractivity contribution in [3.8, 4) is 0 Å². The first-order valence-electron chi connectivity index (χ1n) is 7.02. The number of halogens is 2. The molecule has 20 heavy (non-hydrogen) atoms. The average Bonchev–Trinajstić information content (AvgIpc) is 2.84. The van der Waals surface area contributed by atoms with Gasteiger partial charge in [-0.15, -0.1) is 11.6 Å². The molecule has 0 spiro atoms. The molecular formula is C16H21Cl2NO. The van der Waals surface area contributed by atoms with Crippen LogP contribution in [0.25, 0.3) is 0 Å². The van der Waals surface area contributed by atoms with Crippen LogP contribution >= 0.6 is 23.2 Å². The largest absolute Gasteiger partial charge is 0.349 e. The summed E-state index contributed by atoms with van der Waals surface area (Å²) in [7, 11) is 0. The monoisotopic (exact) mass is 313 g/mol. The maximum absolute atomic E-state index is 12.6. The van der Waals surface area contributed by atoms with Crippen molar-refractivity contribution in [2.75, 3.05) is 0 Å². The van der Waals surface area contributed by atoms with Crippen LogP contribution in [0.3, 0.4) is 0 Å². The minimum absolute atomic E-state index is 0.0486. The summed E-state index contributed by atoms with van der Waals surface area (Å²) in [5.74, 6) is 0.242. The molecule has 1 fully saturated rings. The predicted molar refractivity (Wildman–Crippen MR) is 84.2 cm³/mol. The van der Waals surface area contributed by atoms with E-state index in [1.165, 1.54) is 0 Å². The molecule has 4 heteroatoms. The number of amides is 1. The minimum Gasteiger partial charge on any atom is -0.349 e. The summed E-state index contributed by atoms with van der Waals surface area (Å²) in [6, 6.07) is 7.48. The second-order valence-electron chi connectivity index (χ2n) is 5.87. The Bertz CT molecular complexity index is 512. The van der Waals surface area contributed by atoms with Crippen molar-refractivity contribution in [2.45, 2.75) is 45.0 Å². The Morgan fingerprint density at radius 3 is 2.30 bits per heavy atom. The molecule has 1 aliphatic rings. The van der Waals surface area contributed by atoms with Gasteiger partial charge in [0, 0.05) is 5.02 Å². The van der Waals surface area contributed by atoms with E-state index in [2.05, 4.69) is 5.32 Å². The molecule has 4 unspecified atom stereocenters. The van der Waals surface area contributed by atoms with E-state index in [0.717, 1.165) is 12.0 Å². The third-order valence-corrected chi connectivity index (χ3v) is 5.94. The smallest absolute Gasteiger partial charge is 0.228 e. The quantitative estimate of drug-likeness (QED) is 0.811. The molecule has 1 N–H and O–H groups in total. The number of carbonyl (C=O) groups is 1. The van der Waals surface area contributed by atoms with Gasteiger partial charge >= 0.3 is 0 Å². The first-order chi connectivity index (χ1) is 9.27. The van der Waals surface area contributed by atoms with Gasteiger partial charge in [0.1, 0.15) is 0 Å². The van der Waals surface area contributed by atoms with E-state index in [1.54, 1.807) is 0 Å². The lowest BCUT2D eigenvalue weighted by Gasteiger charge is -2.21. The van der Waals surface area contributed by atoms with Gasteiger partial charge in [0.05, 0.1) is 16.3 Å². The highest BCUT2D eigenvalue weighted by molar-refractivity contribution is 6.30. The molecule has 1 aromatic rings. The van der Waals surface area contributed by atoms with Crippen molar-refractivity contribution in [1.82, 2.24) is 5.32 Å². The van der Waals surface area contributed by atoms with Crippen molar-refractivity contribution in [3.05, 3.63) is 34.9 Å². The average molecular weight is 314 g/mol. The molecule has 1 saturated carbocycles. The van der Waals surface area contributed by atoms with Gasteiger partial charge < -0.3 is 5.32 Å². The minimum atomic E-state index is -0.449. The van der Waals surface area contributed by atoms with Gasteiger partial charge in [-0.25, -0.2) is 0 Å². The normalized spacial score (nSPS) is 33.6. The van der Waals surface area contributed by atoms with Crippen LogP contribution in [-0.4, -0.2) is 10.8 Å². The third-order valence-electron chi connectivity index (χ3n) is 5.02. The fourth-order valence-corrected chi connectivity index (χ4v) is 3.92. The van der Waals surface area contributed by atoms with E-state index in [1.807, 2.05) is 52.0 Å². The molecule has 0 heterocycles. The van der Waals surface area contributed by atoms with Crippen LogP contribution in [0.1, 0.15) is 45.7 Å². The van der Waals surface area contributed by atoms with Crippen molar-refractivity contribution >= 4 is 29.1 Å². The van der Waals surface area contributed by atoms with E-state index in [-0.39, 0.29) is 17.9 Å². The van der Waals surface area contributed by atoms with E-state index >= 15 is 0 Å². The Hall–Kier alpha value is -0.730. The summed E-state index contributed by atoms with van der Waals surface area (Å²) in [6.45, 7) is 8.00. The van der Waals surface area contributed by atoms with Crippen molar-refractivity contribution in [3.63, 3.8) is 0 Å². The van der Waals surface area contributed by atoms with E-state index in [9.17, 15) is 4.79 Å². The number of alkyl halides is 1. The zero-order chi connectivity index (χ0) is 15.1. The van der Waals surface area contributed by atoms with Crippen molar-refractivity contribution < 1.29 is 4.79 Å². The Labute approximate surface area is 130 Å². The lowest BCUT2D eigenvalue weighted by molar-refractivity contribution is -0.127. The highest BCUT2D eigenvalue weighted by Gasteiger charge is 2.74. The summed E-state index contributed by atoms with van der Waals surface area (Å²) >= 11 is 12.4. The molecule has 0 saturated heterocycles. The number of rotatable bonds is 4. The van der Waals surface area contributed by atoms with Gasteiger partial charge in [0.15, 0.2) is 0 Å². The maximum Gasteiger partial charge on any atom is 0.228 e. The molecule has 2 rings (SSSR count). The second kappa shape index (κ2) is 5.23. The Balaban J connectivity index is 2.11. The maximum atomic E-state index is 12.6. The number of benzene rings is 1. The lowest BCUT2D eigenvalue weighted by Crippen LogP contribution is -2.37. The first kappa shape index (κ1) is 15.7. The van der Waals surface area contributed by atoms with Gasteiger partial charge in [0.25, 0.3) is 0 Å². The fourth-order valence-electron chi connectivity index (χ4n) is 3.27. The molecule has 0 radical (unpaired) electrons. The van der Waals surface area contributed by atoms with Gasteiger partial charge in [-0.05, 0) is 43.9 Å². The number of carbonyl (C=O) groups excluding carboxylic acids is 1. The highest BCUT2D eigenvalue weighted by atomic mass is 35.5. The standard InChI is InChI=1S/C16H21Cl2NO/c1-5-16(11(3)15(16,4)18)14(20)19-10(2)12-6-8-13(17)9-7-12/h6-11H,5H2,1-4H3,(H,19,20). The van der Waals surface area contributed by atoms with Crippen LogP contribution < -0.4 is 5.32 Å². The summed E-state index contributed by atoms with van der Waals surface area (Å²) in [4.78, 5) is 12.2. The van der Waals surface area contributed by atoms with Crippen LogP contribution in [0.15, 0.2) is 24.3 Å². The summed E-state index contributed by atoms with van der Waals surface area (Å²) in [5.41, 5.74) is 0.591. The molecule has 0 bridgehead atoms. The second-order valence-corrected chi connectivity index (χ2v) is 7.09. The topological polar surface area (TPSA) is 29.1 Å². The van der Waals surface area contributed by atoms with Gasteiger partial charge in [-0.3, -0.25) is 4.79 Å². The van der Waals surface area contributed by atoms with Gasteiger partial charge in [0.2, 0.25) is 5.91 Å². The molecule has 110 valence electrons.